The first kappa shape index (κ1) is 21.2. The summed E-state index contributed by atoms with van der Waals surface area (Å²) in [6, 6.07) is 11.3. The molecule has 1 fully saturated rings. The Labute approximate surface area is 191 Å². The zero-order valence-electron chi connectivity index (χ0n) is 18.4. The van der Waals surface area contributed by atoms with E-state index in [0.29, 0.717) is 25.3 Å². The second-order valence-electron chi connectivity index (χ2n) is 8.23. The molecule has 168 valence electrons. The fourth-order valence-corrected chi connectivity index (χ4v) is 4.29. The first-order chi connectivity index (χ1) is 16.2. The number of pyridine rings is 2. The highest BCUT2D eigenvalue weighted by atomic mass is 16.5. The molecule has 0 saturated carbocycles. The summed E-state index contributed by atoms with van der Waals surface area (Å²) in [4.78, 5) is 25.8. The minimum absolute atomic E-state index is 0.109. The van der Waals surface area contributed by atoms with Crippen molar-refractivity contribution < 1.29 is 4.74 Å². The monoisotopic (exact) mass is 443 g/mol. The molecule has 3 aromatic heterocycles. The van der Waals surface area contributed by atoms with Gasteiger partial charge in [-0.1, -0.05) is 0 Å². The lowest BCUT2D eigenvalue weighted by molar-refractivity contribution is 0.109. The van der Waals surface area contributed by atoms with E-state index >= 15 is 0 Å². The standard InChI is InChI=1S/C24H25N7O2/c25-15-19-14-20-17-33-13-5-21(20)27-24(19)30-10-7-29(8-11-30)9-12-31-23(32)4-3-22(28-31)18-2-1-6-26-16-18/h1-4,6,14,16H,5,7-13,17H2. The van der Waals surface area contributed by atoms with E-state index in [-0.39, 0.29) is 5.56 Å². The van der Waals surface area contributed by atoms with Crippen molar-refractivity contribution in [1.82, 2.24) is 24.6 Å². The molecule has 0 N–H and O–H groups in total. The van der Waals surface area contributed by atoms with Gasteiger partial charge < -0.3 is 9.64 Å². The largest absolute Gasteiger partial charge is 0.376 e. The van der Waals surface area contributed by atoms with Crippen molar-refractivity contribution in [2.45, 2.75) is 19.6 Å². The van der Waals surface area contributed by atoms with E-state index in [2.05, 4.69) is 26.0 Å². The van der Waals surface area contributed by atoms with Crippen molar-refractivity contribution in [3.63, 3.8) is 0 Å². The lowest BCUT2D eigenvalue weighted by atomic mass is 10.1. The fourth-order valence-electron chi connectivity index (χ4n) is 4.29. The number of ether oxygens (including phenoxy) is 1. The highest BCUT2D eigenvalue weighted by Gasteiger charge is 2.23. The second-order valence-corrected chi connectivity index (χ2v) is 8.23. The third-order valence-corrected chi connectivity index (χ3v) is 6.16. The molecular formula is C24H25N7O2. The normalized spacial score (nSPS) is 16.3. The maximum Gasteiger partial charge on any atom is 0.266 e. The molecule has 0 spiro atoms. The van der Waals surface area contributed by atoms with Gasteiger partial charge in [0.05, 0.1) is 36.7 Å². The predicted molar refractivity (Wildman–Crippen MR) is 123 cm³/mol. The maximum atomic E-state index is 12.3. The van der Waals surface area contributed by atoms with Crippen LogP contribution in [0, 0.1) is 11.3 Å². The third-order valence-electron chi connectivity index (χ3n) is 6.16. The Hall–Kier alpha value is -3.61. The van der Waals surface area contributed by atoms with E-state index < -0.39 is 0 Å². The molecule has 9 nitrogen and oxygen atoms in total. The number of hydrogen-bond donors (Lipinski definition) is 0. The van der Waals surface area contributed by atoms with Gasteiger partial charge in [0.1, 0.15) is 11.9 Å². The minimum Gasteiger partial charge on any atom is -0.376 e. The number of aromatic nitrogens is 4. The van der Waals surface area contributed by atoms with E-state index in [4.69, 9.17) is 9.72 Å². The molecule has 0 aromatic carbocycles. The molecule has 0 unspecified atom stereocenters. The Morgan fingerprint density at radius 1 is 1.12 bits per heavy atom. The number of anilines is 1. The van der Waals surface area contributed by atoms with Crippen LogP contribution in [0.4, 0.5) is 5.82 Å². The molecule has 33 heavy (non-hydrogen) atoms. The van der Waals surface area contributed by atoms with Crippen LogP contribution in [-0.4, -0.2) is 64.0 Å². The molecule has 2 aliphatic rings. The average Bonchev–Trinajstić information content (AvgIpc) is 2.88. The van der Waals surface area contributed by atoms with E-state index in [9.17, 15) is 10.1 Å². The molecular weight excluding hydrogens is 418 g/mol. The first-order valence-electron chi connectivity index (χ1n) is 11.2. The summed E-state index contributed by atoms with van der Waals surface area (Å²) in [5, 5.41) is 14.2. The quantitative estimate of drug-likeness (QED) is 0.584. The van der Waals surface area contributed by atoms with Gasteiger partial charge in [0.15, 0.2) is 0 Å². The van der Waals surface area contributed by atoms with E-state index in [1.165, 1.54) is 4.68 Å². The summed E-state index contributed by atoms with van der Waals surface area (Å²) in [5.74, 6) is 0.778. The van der Waals surface area contributed by atoms with Crippen LogP contribution in [0.3, 0.4) is 0 Å². The fraction of sp³-hybridized carbons (Fsp3) is 0.375. The molecule has 0 radical (unpaired) electrons. The van der Waals surface area contributed by atoms with E-state index in [1.807, 2.05) is 18.2 Å². The Bertz CT molecular complexity index is 1230. The Morgan fingerprint density at radius 2 is 2.00 bits per heavy atom. The van der Waals surface area contributed by atoms with Gasteiger partial charge in [0.2, 0.25) is 0 Å². The molecule has 1 saturated heterocycles. The van der Waals surface area contributed by atoms with Crippen LogP contribution in [0.15, 0.2) is 47.5 Å². The van der Waals surface area contributed by atoms with Crippen LogP contribution in [0.1, 0.15) is 16.8 Å². The van der Waals surface area contributed by atoms with Gasteiger partial charge in [0.25, 0.3) is 5.56 Å². The SMILES string of the molecule is N#Cc1cc2c(nc1N1CCN(CCn3nc(-c4cccnc4)ccc3=O)CC1)CCOC2. The summed E-state index contributed by atoms with van der Waals surface area (Å²) < 4.78 is 7.02. The summed E-state index contributed by atoms with van der Waals surface area (Å²) in [6.45, 7) is 5.71. The molecule has 9 heteroatoms. The van der Waals surface area contributed by atoms with Crippen LogP contribution >= 0.6 is 0 Å². The summed E-state index contributed by atoms with van der Waals surface area (Å²) in [5.41, 5.74) is 4.18. The molecule has 5 heterocycles. The number of piperazine rings is 1. The van der Waals surface area contributed by atoms with Gasteiger partial charge in [-0.3, -0.25) is 14.7 Å². The summed E-state index contributed by atoms with van der Waals surface area (Å²) in [6.07, 6.45) is 4.24. The number of nitrogens with zero attached hydrogens (tertiary/aromatic N) is 7. The maximum absolute atomic E-state index is 12.3. The Kier molecular flexibility index (Phi) is 6.11. The average molecular weight is 444 g/mol. The topological polar surface area (TPSA) is 100 Å². The van der Waals surface area contributed by atoms with Crippen molar-refractivity contribution in [1.29, 1.82) is 5.26 Å². The van der Waals surface area contributed by atoms with Crippen LogP contribution in [0.5, 0.6) is 0 Å². The van der Waals surface area contributed by atoms with Gasteiger partial charge in [-0.05, 0) is 24.3 Å². The molecule has 0 bridgehead atoms. The summed E-state index contributed by atoms with van der Waals surface area (Å²) in [7, 11) is 0. The molecule has 0 atom stereocenters. The molecule has 5 rings (SSSR count). The third kappa shape index (κ3) is 4.62. The lowest BCUT2D eigenvalue weighted by Gasteiger charge is -2.36. The van der Waals surface area contributed by atoms with Crippen LogP contribution < -0.4 is 10.5 Å². The van der Waals surface area contributed by atoms with Gasteiger partial charge >= 0.3 is 0 Å². The van der Waals surface area contributed by atoms with Crippen molar-refractivity contribution in [3.05, 3.63) is 69.9 Å². The van der Waals surface area contributed by atoms with E-state index in [0.717, 1.165) is 67.5 Å². The number of nitriles is 1. The lowest BCUT2D eigenvalue weighted by Crippen LogP contribution is -2.48. The van der Waals surface area contributed by atoms with Gasteiger partial charge in [-0.15, -0.1) is 0 Å². The number of hydrogen-bond acceptors (Lipinski definition) is 8. The zero-order valence-corrected chi connectivity index (χ0v) is 18.4. The minimum atomic E-state index is -0.109. The first-order valence-corrected chi connectivity index (χ1v) is 11.2. The number of fused-ring (bicyclic) bond motifs is 1. The molecule has 0 aliphatic carbocycles. The number of rotatable bonds is 5. The zero-order chi connectivity index (χ0) is 22.6. The van der Waals surface area contributed by atoms with Gasteiger partial charge in [0, 0.05) is 68.7 Å². The van der Waals surface area contributed by atoms with Gasteiger partial charge in [-0.25, -0.2) is 9.67 Å². The second kappa shape index (κ2) is 9.48. The van der Waals surface area contributed by atoms with Crippen molar-refractivity contribution in [2.24, 2.45) is 0 Å². The van der Waals surface area contributed by atoms with Crippen LogP contribution in [0.2, 0.25) is 0 Å². The smallest absolute Gasteiger partial charge is 0.266 e. The Balaban J connectivity index is 1.22. The molecule has 0 amide bonds. The molecule has 3 aromatic rings. The van der Waals surface area contributed by atoms with Crippen molar-refractivity contribution in [3.8, 4) is 17.3 Å². The van der Waals surface area contributed by atoms with Crippen molar-refractivity contribution >= 4 is 5.82 Å². The highest BCUT2D eigenvalue weighted by Crippen LogP contribution is 2.25. The Morgan fingerprint density at radius 3 is 2.79 bits per heavy atom. The van der Waals surface area contributed by atoms with Crippen LogP contribution in [0.25, 0.3) is 11.3 Å². The van der Waals surface area contributed by atoms with E-state index in [1.54, 1.807) is 24.5 Å². The predicted octanol–water partition coefficient (Wildman–Crippen LogP) is 1.47. The highest BCUT2D eigenvalue weighted by molar-refractivity contribution is 5.57. The molecule has 2 aliphatic heterocycles. The van der Waals surface area contributed by atoms with Crippen molar-refractivity contribution in [2.75, 3.05) is 44.2 Å². The van der Waals surface area contributed by atoms with Gasteiger partial charge in [-0.2, -0.15) is 10.4 Å². The summed E-state index contributed by atoms with van der Waals surface area (Å²) >= 11 is 0. The van der Waals surface area contributed by atoms with Crippen LogP contribution in [-0.2, 0) is 24.3 Å².